The third-order valence-corrected chi connectivity index (χ3v) is 8.05. The van der Waals surface area contributed by atoms with Gasteiger partial charge in [0.05, 0.1) is 11.5 Å². The zero-order valence-electron chi connectivity index (χ0n) is 23.1. The number of rotatable bonds is 7. The molecule has 0 aliphatic carbocycles. The van der Waals surface area contributed by atoms with Crippen LogP contribution in [-0.4, -0.2) is 60.3 Å². The maximum Gasteiger partial charge on any atom is 0.328 e. The van der Waals surface area contributed by atoms with E-state index in [1.807, 2.05) is 44.2 Å². The van der Waals surface area contributed by atoms with E-state index < -0.39 is 16.1 Å². The number of ether oxygens (including phenoxy) is 1. The molecule has 3 heterocycles. The maximum atomic E-state index is 12.4. The van der Waals surface area contributed by atoms with Crippen LogP contribution in [0.25, 0.3) is 16.9 Å². The zero-order valence-corrected chi connectivity index (χ0v) is 23.9. The molecule has 12 heteroatoms. The Hall–Kier alpha value is -4.29. The monoisotopic (exact) mass is 579 g/mol. The van der Waals surface area contributed by atoms with Gasteiger partial charge in [-0.3, -0.25) is 9.36 Å². The molecule has 216 valence electrons. The summed E-state index contributed by atoms with van der Waals surface area (Å²) in [6, 6.07) is 15.7. The van der Waals surface area contributed by atoms with E-state index >= 15 is 0 Å². The van der Waals surface area contributed by atoms with E-state index in [4.69, 9.17) is 24.6 Å². The second-order valence-corrected chi connectivity index (χ2v) is 11.5. The van der Waals surface area contributed by atoms with E-state index in [2.05, 4.69) is 21.5 Å². The lowest BCUT2D eigenvalue weighted by Crippen LogP contribution is -2.40. The Bertz CT molecular complexity index is 1630. The second kappa shape index (κ2) is 12.9. The van der Waals surface area contributed by atoms with Crippen molar-refractivity contribution in [2.24, 2.45) is 0 Å². The summed E-state index contributed by atoms with van der Waals surface area (Å²) < 4.78 is 34.6. The van der Waals surface area contributed by atoms with Gasteiger partial charge in [-0.15, -0.1) is 0 Å². The number of sulfonamides is 1. The van der Waals surface area contributed by atoms with Crippen molar-refractivity contribution in [3.05, 3.63) is 82.8 Å². The van der Waals surface area contributed by atoms with Crippen molar-refractivity contribution in [1.82, 2.24) is 24.6 Å². The largest absolute Gasteiger partial charge is 0.483 e. The van der Waals surface area contributed by atoms with Crippen molar-refractivity contribution < 1.29 is 27.9 Å². The Kier molecular flexibility index (Phi) is 9.35. The first-order chi connectivity index (χ1) is 19.6. The minimum absolute atomic E-state index is 0.0456. The Balaban J connectivity index is 0.00000124. The molecule has 1 aliphatic rings. The average Bonchev–Trinajstić information content (AvgIpc) is 3.58. The fraction of sp³-hybridized carbons (Fsp3) is 0.310. The number of nitrogens with zero attached hydrogens (tertiary/aromatic N) is 3. The van der Waals surface area contributed by atoms with E-state index in [1.165, 1.54) is 12.1 Å². The first-order valence-corrected chi connectivity index (χ1v) is 14.6. The Morgan fingerprint density at radius 1 is 1.10 bits per heavy atom. The average molecular weight is 580 g/mol. The molecular weight excluding hydrogens is 546 g/mol. The number of nitrogens with one attached hydrogen (secondary N) is 2. The smallest absolute Gasteiger partial charge is 0.328 e. The predicted octanol–water partition coefficient (Wildman–Crippen LogP) is 3.78. The van der Waals surface area contributed by atoms with E-state index in [0.29, 0.717) is 13.0 Å². The number of carbonyl (C=O) groups excluding carboxylic acids is 1. The van der Waals surface area contributed by atoms with Crippen LogP contribution < -0.4 is 10.0 Å². The Morgan fingerprint density at radius 2 is 1.78 bits per heavy atom. The molecule has 2 aromatic carbocycles. The molecule has 0 spiro atoms. The van der Waals surface area contributed by atoms with Crippen LogP contribution in [0.4, 0.5) is 4.79 Å². The van der Waals surface area contributed by atoms with Crippen LogP contribution in [0, 0.1) is 20.8 Å². The molecule has 1 saturated heterocycles. The lowest BCUT2D eigenvalue weighted by molar-refractivity contribution is -0.122. The number of hydrogen-bond donors (Lipinski definition) is 3. The highest BCUT2D eigenvalue weighted by molar-refractivity contribution is 7.90. The van der Waals surface area contributed by atoms with Crippen LogP contribution in [0.15, 0.2) is 59.5 Å². The van der Waals surface area contributed by atoms with Gasteiger partial charge in [-0.2, -0.15) is 0 Å². The number of aryl methyl sites for hydroxylation is 3. The van der Waals surface area contributed by atoms with Crippen LogP contribution in [0.2, 0.25) is 0 Å². The SMILES string of the molecule is Cc1ccc(S(=O)(=O)NC(=O)NCCc2ccc(-n3c(C4CCOC4)nc4c(C)cc(C)nc43)cc2)cc1.O=CO. The number of imidazole rings is 1. The summed E-state index contributed by atoms with van der Waals surface area (Å²) in [7, 11) is -3.92. The summed E-state index contributed by atoms with van der Waals surface area (Å²) in [6.45, 7) is 7.32. The van der Waals surface area contributed by atoms with Gasteiger partial charge < -0.3 is 15.2 Å². The summed E-state index contributed by atoms with van der Waals surface area (Å²) in [5, 5.41) is 9.51. The van der Waals surface area contributed by atoms with Crippen LogP contribution in [0.3, 0.4) is 0 Å². The number of hydrogen-bond acceptors (Lipinski definition) is 7. The number of pyridine rings is 1. The van der Waals surface area contributed by atoms with Crippen LogP contribution in [0.1, 0.15) is 40.5 Å². The molecule has 2 amide bonds. The lowest BCUT2D eigenvalue weighted by atomic mass is 10.1. The van der Waals surface area contributed by atoms with Gasteiger partial charge in [-0.1, -0.05) is 29.8 Å². The predicted molar refractivity (Wildman–Crippen MR) is 154 cm³/mol. The van der Waals surface area contributed by atoms with Gasteiger partial charge >= 0.3 is 6.03 Å². The Labute approximate surface area is 238 Å². The molecule has 1 atom stereocenters. The van der Waals surface area contributed by atoms with Gasteiger partial charge in [0.15, 0.2) is 5.65 Å². The summed E-state index contributed by atoms with van der Waals surface area (Å²) in [4.78, 5) is 30.4. The van der Waals surface area contributed by atoms with Gasteiger partial charge in [0.2, 0.25) is 0 Å². The molecule has 0 radical (unpaired) electrons. The minimum atomic E-state index is -3.92. The van der Waals surface area contributed by atoms with Crippen LogP contribution >= 0.6 is 0 Å². The quantitative estimate of drug-likeness (QED) is 0.280. The lowest BCUT2D eigenvalue weighted by Gasteiger charge is -2.13. The second-order valence-electron chi connectivity index (χ2n) is 9.81. The number of amides is 2. The summed E-state index contributed by atoms with van der Waals surface area (Å²) >= 11 is 0. The number of benzene rings is 2. The molecule has 5 rings (SSSR count). The van der Waals surface area contributed by atoms with Crippen molar-refractivity contribution in [2.45, 2.75) is 44.4 Å². The third kappa shape index (κ3) is 7.08. The highest BCUT2D eigenvalue weighted by atomic mass is 32.2. The number of carboxylic acid groups (broad SMARTS) is 1. The van der Waals surface area contributed by atoms with Gasteiger partial charge in [0.1, 0.15) is 11.3 Å². The van der Waals surface area contributed by atoms with Crippen molar-refractivity contribution in [1.29, 1.82) is 0 Å². The van der Waals surface area contributed by atoms with Crippen molar-refractivity contribution in [3.63, 3.8) is 0 Å². The minimum Gasteiger partial charge on any atom is -0.483 e. The van der Waals surface area contributed by atoms with Gasteiger partial charge in [-0.05, 0) is 75.1 Å². The fourth-order valence-corrected chi connectivity index (χ4v) is 5.64. The number of aromatic nitrogens is 3. The first-order valence-electron chi connectivity index (χ1n) is 13.1. The normalized spacial score (nSPS) is 14.8. The zero-order chi connectivity index (χ0) is 29.6. The van der Waals surface area contributed by atoms with Crippen molar-refractivity contribution in [3.8, 4) is 5.69 Å². The molecule has 4 aromatic rings. The molecule has 11 nitrogen and oxygen atoms in total. The molecule has 0 saturated carbocycles. The van der Waals surface area contributed by atoms with Crippen molar-refractivity contribution >= 4 is 33.7 Å². The topological polar surface area (TPSA) is 153 Å². The fourth-order valence-electron chi connectivity index (χ4n) is 4.71. The highest BCUT2D eigenvalue weighted by Crippen LogP contribution is 2.31. The molecule has 1 unspecified atom stereocenters. The molecule has 1 fully saturated rings. The number of carbonyl (C=O) groups is 2. The molecular formula is C29H33N5O6S. The highest BCUT2D eigenvalue weighted by Gasteiger charge is 2.26. The first kappa shape index (κ1) is 29.7. The van der Waals surface area contributed by atoms with Crippen molar-refractivity contribution in [2.75, 3.05) is 19.8 Å². The van der Waals surface area contributed by atoms with Crippen LogP contribution in [0.5, 0.6) is 0 Å². The summed E-state index contributed by atoms with van der Waals surface area (Å²) in [5.74, 6) is 1.17. The van der Waals surface area contributed by atoms with E-state index in [9.17, 15) is 13.2 Å². The third-order valence-electron chi connectivity index (χ3n) is 6.71. The standard InChI is InChI=1S/C28H31N5O4S.CH2O2/c1-18-4-10-24(11-5-18)38(35,36)32-28(34)29-14-12-21-6-8-23(9-7-21)33-26(22-13-15-37-17-22)31-25-19(2)16-20(3)30-27(25)33;2-1-3/h4-11,16,22H,12-15,17H2,1-3H3,(H2,29,32,34);1H,(H,2,3). The molecule has 1 aliphatic heterocycles. The number of fused-ring (bicyclic) bond motifs is 1. The van der Waals surface area contributed by atoms with Gasteiger partial charge in [0, 0.05) is 30.5 Å². The van der Waals surface area contributed by atoms with E-state index in [-0.39, 0.29) is 23.8 Å². The van der Waals surface area contributed by atoms with E-state index in [0.717, 1.165) is 58.1 Å². The maximum absolute atomic E-state index is 12.4. The van der Waals surface area contributed by atoms with Crippen LogP contribution in [-0.2, 0) is 26.0 Å². The van der Waals surface area contributed by atoms with Gasteiger partial charge in [0.25, 0.3) is 16.5 Å². The molecule has 3 N–H and O–H groups in total. The summed E-state index contributed by atoms with van der Waals surface area (Å²) in [5.41, 5.74) is 6.68. The van der Waals surface area contributed by atoms with Gasteiger partial charge in [-0.25, -0.2) is 27.9 Å². The molecule has 41 heavy (non-hydrogen) atoms. The Morgan fingerprint density at radius 3 is 2.41 bits per heavy atom. The molecule has 0 bridgehead atoms. The number of urea groups is 1. The summed E-state index contributed by atoms with van der Waals surface area (Å²) in [6.07, 6.45) is 1.47. The van der Waals surface area contributed by atoms with E-state index in [1.54, 1.807) is 12.1 Å². The molecule has 2 aromatic heterocycles.